The van der Waals surface area contributed by atoms with Crippen molar-refractivity contribution in [2.45, 2.75) is 12.8 Å². The van der Waals surface area contributed by atoms with Crippen molar-refractivity contribution < 1.29 is 32.7 Å². The van der Waals surface area contributed by atoms with Crippen molar-refractivity contribution in [2.24, 2.45) is 0 Å². The van der Waals surface area contributed by atoms with Crippen LogP contribution in [0.4, 0.5) is 0 Å². The molecule has 0 saturated heterocycles. The van der Waals surface area contributed by atoms with Crippen molar-refractivity contribution in [1.82, 2.24) is 0 Å². The van der Waals surface area contributed by atoms with Gasteiger partial charge >= 0.3 is 0 Å². The molecule has 0 nitrogen and oxygen atoms in total. The van der Waals surface area contributed by atoms with E-state index >= 15 is 0 Å². The second-order valence-electron chi connectivity index (χ2n) is 5.25. The molecule has 0 atom stereocenters. The molecular weight excluding hydrogens is 317 g/mol. The Hall–Kier alpha value is -1.11. The van der Waals surface area contributed by atoms with Crippen LogP contribution in [0.25, 0.3) is 10.8 Å². The molecule has 0 bridgehead atoms. The molecule has 4 rings (SSSR count). The summed E-state index contributed by atoms with van der Waals surface area (Å²) < 4.78 is 0. The quantitative estimate of drug-likeness (QED) is 0.530. The number of fused-ring (bicyclic) bond motifs is 3. The molecule has 0 N–H and O–H groups in total. The first-order chi connectivity index (χ1) is 9.40. The largest absolute Gasteiger partial charge is 0.188 e. The van der Waals surface area contributed by atoms with Crippen molar-refractivity contribution in [1.29, 1.82) is 0 Å². The molecule has 3 aromatic rings. The topological polar surface area (TPSA) is 0 Å². The fourth-order valence-corrected chi connectivity index (χ4v) is 3.00. The Balaban J connectivity index is 0.00000121. The van der Waals surface area contributed by atoms with E-state index in [9.17, 15) is 0 Å². The van der Waals surface area contributed by atoms with Gasteiger partial charge in [0.2, 0.25) is 0 Å². The van der Waals surface area contributed by atoms with Crippen molar-refractivity contribution in [3.05, 3.63) is 89.3 Å². The third kappa shape index (κ3) is 2.43. The van der Waals surface area contributed by atoms with Crippen LogP contribution in [0.2, 0.25) is 0 Å². The zero-order valence-electron chi connectivity index (χ0n) is 11.3. The monoisotopic (exact) mass is 332 g/mol. The van der Waals surface area contributed by atoms with E-state index in [1.165, 1.54) is 33.0 Å². The maximum absolute atomic E-state index is 2.37. The number of rotatable bonds is 0. The third-order valence-corrected chi connectivity index (χ3v) is 4.05. The Morgan fingerprint density at radius 3 is 2.15 bits per heavy atom. The Labute approximate surface area is 145 Å². The van der Waals surface area contributed by atoms with Crippen molar-refractivity contribution in [3.63, 3.8) is 0 Å². The molecule has 0 aliphatic heterocycles. The van der Waals surface area contributed by atoms with Crippen molar-refractivity contribution >= 4 is 10.8 Å². The molecule has 1 heteroatoms. The van der Waals surface area contributed by atoms with Gasteiger partial charge in [0, 0.05) is 32.7 Å². The Morgan fingerprint density at radius 2 is 1.35 bits per heavy atom. The van der Waals surface area contributed by atoms with E-state index in [0.717, 1.165) is 12.8 Å². The van der Waals surface area contributed by atoms with E-state index in [1.807, 2.05) is 0 Å². The predicted octanol–water partition coefficient (Wildman–Crippen LogP) is 4.54. The van der Waals surface area contributed by atoms with E-state index in [4.69, 9.17) is 0 Å². The van der Waals surface area contributed by atoms with Crippen LogP contribution in [0.1, 0.15) is 22.3 Å². The Kier molecular flexibility index (Phi) is 3.96. The fraction of sp³-hybridized carbons (Fsp3) is 0.105. The standard InChI is InChI=1S/C19H15.Y/c1-2-6-15-12-19-13-17-8-4-3-7-16(17)11-18(19)10-9-14(15)5-1;/h1-8,10-11,13H,9,12H2;/q-1;. The summed E-state index contributed by atoms with van der Waals surface area (Å²) >= 11 is 0. The molecule has 1 aliphatic carbocycles. The fourth-order valence-electron chi connectivity index (χ4n) is 3.00. The van der Waals surface area contributed by atoms with E-state index in [1.54, 1.807) is 0 Å². The van der Waals surface area contributed by atoms with Gasteiger partial charge in [0.05, 0.1) is 0 Å². The number of hydrogen-bond donors (Lipinski definition) is 0. The first-order valence-electron chi connectivity index (χ1n) is 6.82. The molecule has 0 heterocycles. The summed E-state index contributed by atoms with van der Waals surface area (Å²) in [5.74, 6) is 0. The second-order valence-corrected chi connectivity index (χ2v) is 5.25. The molecule has 0 fully saturated rings. The molecular formula is C19H15Y-. The van der Waals surface area contributed by atoms with E-state index in [0.29, 0.717) is 0 Å². The minimum absolute atomic E-state index is 0. The average Bonchev–Trinajstić information content (AvgIpc) is 2.63. The molecule has 1 radical (unpaired) electrons. The molecule has 0 saturated carbocycles. The van der Waals surface area contributed by atoms with Gasteiger partial charge in [0.15, 0.2) is 0 Å². The van der Waals surface area contributed by atoms with E-state index in [2.05, 4.69) is 67.1 Å². The van der Waals surface area contributed by atoms with Crippen LogP contribution in [-0.2, 0) is 45.6 Å². The summed E-state index contributed by atoms with van der Waals surface area (Å²) in [5.41, 5.74) is 5.77. The van der Waals surface area contributed by atoms with Gasteiger partial charge in [0.25, 0.3) is 0 Å². The minimum atomic E-state index is 0. The van der Waals surface area contributed by atoms with Gasteiger partial charge in [-0.05, 0) is 11.8 Å². The Morgan fingerprint density at radius 1 is 0.700 bits per heavy atom. The van der Waals surface area contributed by atoms with Crippen LogP contribution in [0, 0.1) is 6.42 Å². The van der Waals surface area contributed by atoms with Crippen molar-refractivity contribution in [3.8, 4) is 0 Å². The zero-order chi connectivity index (χ0) is 12.7. The SMILES string of the molecule is [Y].c1ccc2c(c1)C[CH-]c1cc3ccccc3cc1C2. The number of benzene rings is 3. The van der Waals surface area contributed by atoms with Gasteiger partial charge in [-0.1, -0.05) is 71.5 Å². The summed E-state index contributed by atoms with van der Waals surface area (Å²) in [5, 5.41) is 2.68. The average molecular weight is 332 g/mol. The summed E-state index contributed by atoms with van der Waals surface area (Å²) in [7, 11) is 0. The zero-order valence-corrected chi connectivity index (χ0v) is 14.2. The molecule has 0 unspecified atom stereocenters. The second kappa shape index (κ2) is 5.71. The van der Waals surface area contributed by atoms with Crippen LogP contribution in [0.15, 0.2) is 60.7 Å². The van der Waals surface area contributed by atoms with Gasteiger partial charge < -0.3 is 0 Å². The van der Waals surface area contributed by atoms with Gasteiger partial charge in [-0.3, -0.25) is 0 Å². The van der Waals surface area contributed by atoms with E-state index in [-0.39, 0.29) is 32.7 Å². The molecule has 0 amide bonds. The maximum Gasteiger partial charge on any atom is 0 e. The molecule has 0 spiro atoms. The maximum atomic E-state index is 2.37. The van der Waals surface area contributed by atoms with Crippen LogP contribution in [-0.4, -0.2) is 0 Å². The summed E-state index contributed by atoms with van der Waals surface area (Å²) in [6, 6.07) is 22.1. The molecule has 95 valence electrons. The molecule has 3 aromatic carbocycles. The van der Waals surface area contributed by atoms with Crippen molar-refractivity contribution in [2.75, 3.05) is 0 Å². The Bertz CT molecular complexity index is 759. The molecule has 1 aliphatic rings. The van der Waals surface area contributed by atoms with Gasteiger partial charge in [0.1, 0.15) is 0 Å². The van der Waals surface area contributed by atoms with Crippen LogP contribution < -0.4 is 0 Å². The minimum Gasteiger partial charge on any atom is -0.188 e. The van der Waals surface area contributed by atoms with Gasteiger partial charge in [-0.25, -0.2) is 0 Å². The first-order valence-corrected chi connectivity index (χ1v) is 6.82. The molecule has 0 aromatic heterocycles. The van der Waals surface area contributed by atoms with E-state index < -0.39 is 0 Å². The van der Waals surface area contributed by atoms with Gasteiger partial charge in [-0.15, -0.1) is 11.6 Å². The first kappa shape index (κ1) is 13.9. The van der Waals surface area contributed by atoms with Crippen LogP contribution >= 0.6 is 0 Å². The molecule has 20 heavy (non-hydrogen) atoms. The predicted molar refractivity (Wildman–Crippen MR) is 80.3 cm³/mol. The smallest absolute Gasteiger partial charge is 0 e. The third-order valence-electron chi connectivity index (χ3n) is 4.05. The summed E-state index contributed by atoms with van der Waals surface area (Å²) in [4.78, 5) is 0. The van der Waals surface area contributed by atoms with Crippen LogP contribution in [0.5, 0.6) is 0 Å². The summed E-state index contributed by atoms with van der Waals surface area (Å²) in [6.45, 7) is 0. The van der Waals surface area contributed by atoms with Gasteiger partial charge in [-0.2, -0.15) is 18.1 Å². The number of hydrogen-bond acceptors (Lipinski definition) is 0. The summed E-state index contributed by atoms with van der Waals surface area (Å²) in [6.07, 6.45) is 4.46. The van der Waals surface area contributed by atoms with Crippen LogP contribution in [0.3, 0.4) is 0 Å². The normalized spacial score (nSPS) is 12.6.